The van der Waals surface area contributed by atoms with Crippen LogP contribution in [0.15, 0.2) is 66.9 Å². The van der Waals surface area contributed by atoms with Crippen LogP contribution in [0.2, 0.25) is 0 Å². The molecule has 0 bridgehead atoms. The SMILES string of the molecule is CC(=O)Nc1cccc(NC(=O)c2ccc(Nc3ccccc3C)nc2)c1. The topological polar surface area (TPSA) is 83.1 Å². The highest BCUT2D eigenvalue weighted by Gasteiger charge is 2.08. The zero-order valence-corrected chi connectivity index (χ0v) is 15.1. The van der Waals surface area contributed by atoms with Gasteiger partial charge >= 0.3 is 0 Å². The fraction of sp³-hybridized carbons (Fsp3) is 0.0952. The van der Waals surface area contributed by atoms with Crippen molar-refractivity contribution in [3.8, 4) is 0 Å². The fourth-order valence-corrected chi connectivity index (χ4v) is 2.53. The maximum Gasteiger partial charge on any atom is 0.257 e. The van der Waals surface area contributed by atoms with E-state index < -0.39 is 0 Å². The van der Waals surface area contributed by atoms with Crippen LogP contribution in [-0.4, -0.2) is 16.8 Å². The largest absolute Gasteiger partial charge is 0.340 e. The smallest absolute Gasteiger partial charge is 0.257 e. The number of nitrogens with one attached hydrogen (secondary N) is 3. The van der Waals surface area contributed by atoms with Crippen LogP contribution < -0.4 is 16.0 Å². The Morgan fingerprint density at radius 2 is 1.63 bits per heavy atom. The van der Waals surface area contributed by atoms with Crippen molar-refractivity contribution in [2.45, 2.75) is 13.8 Å². The number of rotatable bonds is 5. The van der Waals surface area contributed by atoms with E-state index in [4.69, 9.17) is 0 Å². The molecule has 0 fully saturated rings. The molecular formula is C21H20N4O2. The highest BCUT2D eigenvalue weighted by atomic mass is 16.2. The molecule has 1 aromatic heterocycles. The molecule has 0 unspecified atom stereocenters. The third-order valence-electron chi connectivity index (χ3n) is 3.87. The molecule has 1 heterocycles. The van der Waals surface area contributed by atoms with Crippen LogP contribution in [0, 0.1) is 6.92 Å². The Morgan fingerprint density at radius 1 is 0.889 bits per heavy atom. The van der Waals surface area contributed by atoms with Crippen molar-refractivity contribution in [3.63, 3.8) is 0 Å². The lowest BCUT2D eigenvalue weighted by molar-refractivity contribution is -0.114. The van der Waals surface area contributed by atoms with Crippen molar-refractivity contribution in [2.24, 2.45) is 0 Å². The normalized spacial score (nSPS) is 10.1. The summed E-state index contributed by atoms with van der Waals surface area (Å²) in [5.41, 5.74) is 3.73. The Labute approximate surface area is 157 Å². The molecule has 3 N–H and O–H groups in total. The molecule has 0 spiro atoms. The number of carbonyl (C=O) groups is 2. The molecule has 0 aliphatic heterocycles. The maximum atomic E-state index is 12.4. The second kappa shape index (κ2) is 8.14. The number of anilines is 4. The van der Waals surface area contributed by atoms with E-state index in [1.54, 1.807) is 36.4 Å². The number of benzene rings is 2. The average molecular weight is 360 g/mol. The van der Waals surface area contributed by atoms with E-state index >= 15 is 0 Å². The first-order chi connectivity index (χ1) is 13.0. The van der Waals surface area contributed by atoms with Crippen LogP contribution in [0.3, 0.4) is 0 Å². The molecule has 3 aromatic rings. The molecule has 0 radical (unpaired) electrons. The van der Waals surface area contributed by atoms with E-state index in [0.29, 0.717) is 22.8 Å². The lowest BCUT2D eigenvalue weighted by Crippen LogP contribution is -2.13. The lowest BCUT2D eigenvalue weighted by atomic mass is 10.2. The van der Waals surface area contributed by atoms with Crippen molar-refractivity contribution < 1.29 is 9.59 Å². The van der Waals surface area contributed by atoms with Crippen LogP contribution in [-0.2, 0) is 4.79 Å². The predicted molar refractivity (Wildman–Crippen MR) is 107 cm³/mol. The van der Waals surface area contributed by atoms with Crippen LogP contribution >= 0.6 is 0 Å². The number of aryl methyl sites for hydroxylation is 1. The molecule has 0 atom stereocenters. The van der Waals surface area contributed by atoms with Crippen molar-refractivity contribution >= 4 is 34.7 Å². The van der Waals surface area contributed by atoms with Gasteiger partial charge in [0, 0.05) is 30.2 Å². The van der Waals surface area contributed by atoms with Crippen molar-refractivity contribution in [2.75, 3.05) is 16.0 Å². The van der Waals surface area contributed by atoms with Crippen molar-refractivity contribution in [1.82, 2.24) is 4.98 Å². The van der Waals surface area contributed by atoms with Gasteiger partial charge in [0.15, 0.2) is 0 Å². The van der Waals surface area contributed by atoms with Gasteiger partial charge in [0.25, 0.3) is 5.91 Å². The summed E-state index contributed by atoms with van der Waals surface area (Å²) in [6, 6.07) is 18.3. The number of amides is 2. The molecule has 2 aromatic carbocycles. The number of carbonyl (C=O) groups excluding carboxylic acids is 2. The van der Waals surface area contributed by atoms with Gasteiger partial charge in [-0.15, -0.1) is 0 Å². The van der Waals surface area contributed by atoms with Gasteiger partial charge in [-0.05, 0) is 48.9 Å². The lowest BCUT2D eigenvalue weighted by Gasteiger charge is -2.10. The van der Waals surface area contributed by atoms with Gasteiger partial charge in [0.2, 0.25) is 5.91 Å². The Kier molecular flexibility index (Phi) is 5.47. The molecule has 3 rings (SSSR count). The molecule has 6 nitrogen and oxygen atoms in total. The van der Waals surface area contributed by atoms with Crippen molar-refractivity contribution in [1.29, 1.82) is 0 Å². The first kappa shape index (κ1) is 18.1. The second-order valence-corrected chi connectivity index (χ2v) is 6.09. The number of pyridine rings is 1. The molecule has 0 aliphatic rings. The summed E-state index contributed by atoms with van der Waals surface area (Å²) in [7, 11) is 0. The highest BCUT2D eigenvalue weighted by Crippen LogP contribution is 2.19. The molecular weight excluding hydrogens is 340 g/mol. The van der Waals surface area contributed by atoms with Crippen LogP contribution in [0.4, 0.5) is 22.9 Å². The summed E-state index contributed by atoms with van der Waals surface area (Å²) >= 11 is 0. The molecule has 136 valence electrons. The zero-order valence-electron chi connectivity index (χ0n) is 15.1. The molecule has 0 saturated heterocycles. The third kappa shape index (κ3) is 4.92. The Bertz CT molecular complexity index is 968. The molecule has 27 heavy (non-hydrogen) atoms. The summed E-state index contributed by atoms with van der Waals surface area (Å²) < 4.78 is 0. The molecule has 0 aliphatic carbocycles. The number of hydrogen-bond acceptors (Lipinski definition) is 4. The zero-order chi connectivity index (χ0) is 19.2. The van der Waals surface area contributed by atoms with Gasteiger partial charge in [0.1, 0.15) is 5.82 Å². The van der Waals surface area contributed by atoms with E-state index in [9.17, 15) is 9.59 Å². The molecule has 0 saturated carbocycles. The number of para-hydroxylation sites is 1. The predicted octanol–water partition coefficient (Wildman–Crippen LogP) is 4.34. The molecule has 6 heteroatoms. The Balaban J connectivity index is 1.67. The minimum atomic E-state index is -0.273. The van der Waals surface area contributed by atoms with Gasteiger partial charge in [-0.1, -0.05) is 24.3 Å². The first-order valence-corrected chi connectivity index (χ1v) is 8.49. The number of nitrogens with zero attached hydrogens (tertiary/aromatic N) is 1. The average Bonchev–Trinajstić information content (AvgIpc) is 2.64. The van der Waals surface area contributed by atoms with Crippen molar-refractivity contribution in [3.05, 3.63) is 78.0 Å². The van der Waals surface area contributed by atoms with Gasteiger partial charge in [-0.25, -0.2) is 4.98 Å². The van der Waals surface area contributed by atoms with E-state index in [-0.39, 0.29) is 11.8 Å². The summed E-state index contributed by atoms with van der Waals surface area (Å²) in [6.45, 7) is 3.45. The van der Waals surface area contributed by atoms with Crippen LogP contribution in [0.1, 0.15) is 22.8 Å². The second-order valence-electron chi connectivity index (χ2n) is 6.09. The number of hydrogen-bond donors (Lipinski definition) is 3. The van der Waals surface area contributed by atoms with Gasteiger partial charge in [-0.2, -0.15) is 0 Å². The standard InChI is InChI=1S/C21H20N4O2/c1-14-6-3-4-9-19(14)25-20-11-10-16(13-22-20)21(27)24-18-8-5-7-17(12-18)23-15(2)26/h3-13H,1-2H3,(H,22,25)(H,23,26)(H,24,27). The first-order valence-electron chi connectivity index (χ1n) is 8.49. The van der Waals surface area contributed by atoms with Gasteiger partial charge in [-0.3, -0.25) is 9.59 Å². The maximum absolute atomic E-state index is 12.4. The Morgan fingerprint density at radius 3 is 2.30 bits per heavy atom. The number of aromatic nitrogens is 1. The van der Waals surface area contributed by atoms with E-state index in [0.717, 1.165) is 11.3 Å². The summed E-state index contributed by atoms with van der Waals surface area (Å²) in [5.74, 6) is 0.220. The minimum absolute atomic E-state index is 0.167. The van der Waals surface area contributed by atoms with E-state index in [1.165, 1.54) is 13.1 Å². The summed E-state index contributed by atoms with van der Waals surface area (Å²) in [5, 5.41) is 8.71. The van der Waals surface area contributed by atoms with Gasteiger partial charge in [0.05, 0.1) is 5.56 Å². The highest BCUT2D eigenvalue weighted by molar-refractivity contribution is 6.04. The fourth-order valence-electron chi connectivity index (χ4n) is 2.53. The van der Waals surface area contributed by atoms with Gasteiger partial charge < -0.3 is 16.0 Å². The monoisotopic (exact) mass is 360 g/mol. The van der Waals surface area contributed by atoms with Crippen LogP contribution in [0.25, 0.3) is 0 Å². The minimum Gasteiger partial charge on any atom is -0.340 e. The Hall–Kier alpha value is -3.67. The molecule has 2 amide bonds. The summed E-state index contributed by atoms with van der Waals surface area (Å²) in [4.78, 5) is 27.9. The quantitative estimate of drug-likeness (QED) is 0.632. The summed E-state index contributed by atoms with van der Waals surface area (Å²) in [6.07, 6.45) is 1.52. The van der Waals surface area contributed by atoms with E-state index in [1.807, 2.05) is 31.2 Å². The van der Waals surface area contributed by atoms with E-state index in [2.05, 4.69) is 20.9 Å². The van der Waals surface area contributed by atoms with Crippen LogP contribution in [0.5, 0.6) is 0 Å². The third-order valence-corrected chi connectivity index (χ3v) is 3.87.